The second-order valence-electron chi connectivity index (χ2n) is 9.05. The standard InChI is InChI=1S/C31H35NO6S/c1-37-26-15-12-23(13-16-26)9-6-4-2-3-5-7-20-38-29-18-14-25(32-28(29)17-19-30(33)34)22-39-27-11-8-10-24(21-27)31(35)36/h8,10-19,21H,2-7,9,20,22H2,1H3,(H,33,34)(H,35,36). The van der Waals surface area contributed by atoms with Gasteiger partial charge < -0.3 is 19.7 Å². The zero-order valence-electron chi connectivity index (χ0n) is 22.2. The van der Waals surface area contributed by atoms with Gasteiger partial charge in [0.25, 0.3) is 0 Å². The van der Waals surface area contributed by atoms with Crippen molar-refractivity contribution in [3.8, 4) is 11.5 Å². The Morgan fingerprint density at radius 1 is 0.923 bits per heavy atom. The van der Waals surface area contributed by atoms with Gasteiger partial charge in [-0.2, -0.15) is 0 Å². The van der Waals surface area contributed by atoms with E-state index in [2.05, 4.69) is 17.1 Å². The van der Waals surface area contributed by atoms with Gasteiger partial charge in [-0.05, 0) is 73.4 Å². The summed E-state index contributed by atoms with van der Waals surface area (Å²) >= 11 is 1.46. The van der Waals surface area contributed by atoms with Crippen LogP contribution in [-0.4, -0.2) is 40.9 Å². The second-order valence-corrected chi connectivity index (χ2v) is 10.1. The molecule has 0 spiro atoms. The van der Waals surface area contributed by atoms with E-state index < -0.39 is 11.9 Å². The van der Waals surface area contributed by atoms with Crippen LogP contribution in [0.15, 0.2) is 71.6 Å². The molecule has 3 aromatic rings. The van der Waals surface area contributed by atoms with Crippen molar-refractivity contribution in [2.45, 2.75) is 55.6 Å². The van der Waals surface area contributed by atoms with Gasteiger partial charge >= 0.3 is 11.9 Å². The number of aromatic carboxylic acids is 1. The molecule has 0 fully saturated rings. The Balaban J connectivity index is 1.41. The summed E-state index contributed by atoms with van der Waals surface area (Å²) < 4.78 is 11.1. The largest absolute Gasteiger partial charge is 0.497 e. The van der Waals surface area contributed by atoms with E-state index in [0.717, 1.165) is 48.1 Å². The van der Waals surface area contributed by atoms with Crippen LogP contribution in [0.1, 0.15) is 65.8 Å². The molecular formula is C31H35NO6S. The van der Waals surface area contributed by atoms with Crippen molar-refractivity contribution in [2.75, 3.05) is 13.7 Å². The maximum absolute atomic E-state index is 11.2. The minimum atomic E-state index is -1.06. The lowest BCUT2D eigenvalue weighted by atomic mass is 10.0. The molecule has 8 heteroatoms. The van der Waals surface area contributed by atoms with E-state index in [-0.39, 0.29) is 5.56 Å². The molecule has 206 valence electrons. The Bertz CT molecular complexity index is 1240. The Kier molecular flexibility index (Phi) is 12.4. The normalized spacial score (nSPS) is 11.0. The number of aromatic nitrogens is 1. The summed E-state index contributed by atoms with van der Waals surface area (Å²) in [6.07, 6.45) is 10.3. The number of methoxy groups -OCH3 is 1. The first-order valence-electron chi connectivity index (χ1n) is 13.1. The summed E-state index contributed by atoms with van der Waals surface area (Å²) in [4.78, 5) is 27.7. The van der Waals surface area contributed by atoms with Crippen LogP contribution in [0, 0.1) is 0 Å². The van der Waals surface area contributed by atoms with Gasteiger partial charge in [-0.15, -0.1) is 11.8 Å². The highest BCUT2D eigenvalue weighted by molar-refractivity contribution is 7.98. The molecule has 0 aliphatic heterocycles. The highest BCUT2D eigenvalue weighted by Gasteiger charge is 2.08. The summed E-state index contributed by atoms with van der Waals surface area (Å²) in [5.41, 5.74) is 2.78. The fourth-order valence-electron chi connectivity index (χ4n) is 3.97. The first kappa shape index (κ1) is 29.8. The summed E-state index contributed by atoms with van der Waals surface area (Å²) in [6, 6.07) is 18.6. The van der Waals surface area contributed by atoms with Crippen LogP contribution in [0.2, 0.25) is 0 Å². The Morgan fingerprint density at radius 3 is 2.38 bits per heavy atom. The fraction of sp³-hybridized carbons (Fsp3) is 0.323. The Hall–Kier alpha value is -3.78. The Morgan fingerprint density at radius 2 is 1.67 bits per heavy atom. The van der Waals surface area contributed by atoms with Gasteiger partial charge in [0.05, 0.1) is 25.0 Å². The second kappa shape index (κ2) is 16.2. The average Bonchev–Trinajstić information content (AvgIpc) is 2.95. The minimum Gasteiger partial charge on any atom is -0.497 e. The maximum Gasteiger partial charge on any atom is 0.335 e. The van der Waals surface area contributed by atoms with Crippen molar-refractivity contribution in [1.29, 1.82) is 0 Å². The molecule has 0 unspecified atom stereocenters. The van der Waals surface area contributed by atoms with E-state index in [4.69, 9.17) is 14.6 Å². The molecule has 2 aromatic carbocycles. The molecule has 0 aliphatic carbocycles. The molecule has 7 nitrogen and oxygen atoms in total. The average molecular weight is 550 g/mol. The number of thioether (sulfide) groups is 1. The SMILES string of the molecule is COc1ccc(CCCCCCCCOc2ccc(CSc3cccc(C(=O)O)c3)nc2C=CC(=O)O)cc1. The van der Waals surface area contributed by atoms with Crippen molar-refractivity contribution in [3.63, 3.8) is 0 Å². The third-order valence-electron chi connectivity index (χ3n) is 6.07. The Labute approximate surface area is 233 Å². The molecule has 3 rings (SSSR count). The highest BCUT2D eigenvalue weighted by Crippen LogP contribution is 2.26. The molecular weight excluding hydrogens is 514 g/mol. The number of carbonyl (C=O) groups is 2. The molecule has 0 radical (unpaired) electrons. The first-order chi connectivity index (χ1) is 18.9. The lowest BCUT2D eigenvalue weighted by Gasteiger charge is -2.11. The molecule has 2 N–H and O–H groups in total. The molecule has 0 amide bonds. The van der Waals surface area contributed by atoms with E-state index in [1.54, 1.807) is 25.3 Å². The molecule has 0 atom stereocenters. The fourth-order valence-corrected chi connectivity index (χ4v) is 4.83. The van der Waals surface area contributed by atoms with Crippen molar-refractivity contribution >= 4 is 29.8 Å². The van der Waals surface area contributed by atoms with E-state index in [9.17, 15) is 14.7 Å². The number of ether oxygens (including phenoxy) is 2. The maximum atomic E-state index is 11.2. The third-order valence-corrected chi connectivity index (χ3v) is 7.10. The zero-order valence-corrected chi connectivity index (χ0v) is 23.0. The highest BCUT2D eigenvalue weighted by atomic mass is 32.2. The number of carboxylic acids is 2. The quantitative estimate of drug-likeness (QED) is 0.104. The molecule has 1 aromatic heterocycles. The number of carboxylic acid groups (broad SMARTS) is 2. The first-order valence-corrected chi connectivity index (χ1v) is 14.1. The molecule has 39 heavy (non-hydrogen) atoms. The summed E-state index contributed by atoms with van der Waals surface area (Å²) in [5.74, 6) is -0.0793. The molecule has 0 aliphatic rings. The van der Waals surface area contributed by atoms with Crippen LogP contribution in [0.3, 0.4) is 0 Å². The minimum absolute atomic E-state index is 0.232. The molecule has 0 saturated heterocycles. The summed E-state index contributed by atoms with van der Waals surface area (Å²) in [6.45, 7) is 0.539. The van der Waals surface area contributed by atoms with Crippen LogP contribution in [0.5, 0.6) is 11.5 Å². The summed E-state index contributed by atoms with van der Waals surface area (Å²) in [5, 5.41) is 18.2. The number of rotatable bonds is 17. The smallest absolute Gasteiger partial charge is 0.335 e. The predicted octanol–water partition coefficient (Wildman–Crippen LogP) is 7.14. The van der Waals surface area contributed by atoms with Crippen LogP contribution in [-0.2, 0) is 17.0 Å². The van der Waals surface area contributed by atoms with E-state index in [1.165, 1.54) is 42.7 Å². The van der Waals surface area contributed by atoms with Crippen molar-refractivity contribution < 1.29 is 29.3 Å². The summed E-state index contributed by atoms with van der Waals surface area (Å²) in [7, 11) is 1.68. The van der Waals surface area contributed by atoms with Crippen LogP contribution in [0.25, 0.3) is 6.08 Å². The van der Waals surface area contributed by atoms with Gasteiger partial charge in [0.1, 0.15) is 17.2 Å². The van der Waals surface area contributed by atoms with Gasteiger partial charge in [-0.1, -0.05) is 43.9 Å². The monoisotopic (exact) mass is 549 g/mol. The number of hydrogen-bond acceptors (Lipinski definition) is 6. The van der Waals surface area contributed by atoms with E-state index in [1.807, 2.05) is 30.3 Å². The van der Waals surface area contributed by atoms with Gasteiger partial charge in [0.15, 0.2) is 0 Å². The lowest BCUT2D eigenvalue weighted by Crippen LogP contribution is -2.02. The number of pyridine rings is 1. The van der Waals surface area contributed by atoms with Gasteiger partial charge in [-0.3, -0.25) is 0 Å². The number of aryl methyl sites for hydroxylation is 1. The molecule has 0 bridgehead atoms. The van der Waals surface area contributed by atoms with Crippen molar-refractivity contribution in [1.82, 2.24) is 4.98 Å². The third kappa shape index (κ3) is 10.9. The van der Waals surface area contributed by atoms with Crippen LogP contribution in [0.4, 0.5) is 0 Å². The lowest BCUT2D eigenvalue weighted by molar-refractivity contribution is -0.131. The van der Waals surface area contributed by atoms with Gasteiger partial charge in [0.2, 0.25) is 0 Å². The molecule has 1 heterocycles. The number of hydrogen-bond donors (Lipinski definition) is 2. The van der Waals surface area contributed by atoms with Crippen LogP contribution < -0.4 is 9.47 Å². The number of benzene rings is 2. The predicted molar refractivity (Wildman–Crippen MR) is 154 cm³/mol. The van der Waals surface area contributed by atoms with Crippen molar-refractivity contribution in [3.05, 3.63) is 89.3 Å². The zero-order chi connectivity index (χ0) is 27.9. The van der Waals surface area contributed by atoms with Crippen molar-refractivity contribution in [2.24, 2.45) is 0 Å². The van der Waals surface area contributed by atoms with Crippen LogP contribution >= 0.6 is 11.8 Å². The van der Waals surface area contributed by atoms with Gasteiger partial charge in [-0.25, -0.2) is 14.6 Å². The van der Waals surface area contributed by atoms with Gasteiger partial charge in [0, 0.05) is 16.7 Å². The van der Waals surface area contributed by atoms with E-state index >= 15 is 0 Å². The number of aliphatic carboxylic acids is 1. The number of nitrogens with zero attached hydrogens (tertiary/aromatic N) is 1. The topological polar surface area (TPSA) is 106 Å². The molecule has 0 saturated carbocycles. The number of unbranched alkanes of at least 4 members (excludes halogenated alkanes) is 5. The van der Waals surface area contributed by atoms with E-state index in [0.29, 0.717) is 23.8 Å².